The minimum Gasteiger partial charge on any atom is -0.467 e. The number of hydrogen-bond donors (Lipinski definition) is 2. The molecule has 0 spiro atoms. The number of benzene rings is 1. The van der Waals surface area contributed by atoms with E-state index in [1.807, 2.05) is 0 Å². The summed E-state index contributed by atoms with van der Waals surface area (Å²) in [7, 11) is 0. The first-order valence-corrected chi connectivity index (χ1v) is 6.94. The van der Waals surface area contributed by atoms with Crippen LogP contribution in [0, 0.1) is 13.8 Å². The van der Waals surface area contributed by atoms with E-state index in [4.69, 9.17) is 4.42 Å². The molecule has 2 aromatic rings. The molecule has 120 valence electrons. The molecule has 1 aromatic carbocycles. The number of aryl methyl sites for hydroxylation is 2. The zero-order chi connectivity index (χ0) is 16.1. The molecular weight excluding hydrogens is 292 g/mol. The number of rotatable bonds is 7. The lowest BCUT2D eigenvalue weighted by Crippen LogP contribution is -2.21. The van der Waals surface area contributed by atoms with Crippen LogP contribution in [0.3, 0.4) is 0 Å². The summed E-state index contributed by atoms with van der Waals surface area (Å²) in [5.74, 6) is 0.718. The molecule has 1 aromatic heterocycles. The predicted octanol–water partition coefficient (Wildman–Crippen LogP) is 3.32. The van der Waals surface area contributed by atoms with Crippen LogP contribution in [-0.4, -0.2) is 18.3 Å². The van der Waals surface area contributed by atoms with Gasteiger partial charge < -0.3 is 19.6 Å². The van der Waals surface area contributed by atoms with Crippen molar-refractivity contribution in [2.24, 2.45) is 0 Å². The van der Waals surface area contributed by atoms with Gasteiger partial charge in [0, 0.05) is 13.1 Å². The molecule has 0 aliphatic carbocycles. The van der Waals surface area contributed by atoms with Gasteiger partial charge in [0.15, 0.2) is 0 Å². The Hall–Kier alpha value is -1.92. The number of nitrogens with one attached hydrogen (secondary N) is 1. The predicted molar refractivity (Wildman–Crippen MR) is 77.9 cm³/mol. The lowest BCUT2D eigenvalue weighted by Gasteiger charge is -2.14. The SMILES string of the molecule is Cc1cc(CNCC(O)c2ccco2)cc(C)c1OC(F)F. The van der Waals surface area contributed by atoms with Crippen LogP contribution in [0.15, 0.2) is 34.9 Å². The fraction of sp³-hybridized carbons (Fsp3) is 0.375. The largest absolute Gasteiger partial charge is 0.467 e. The third-order valence-corrected chi connectivity index (χ3v) is 3.27. The third-order valence-electron chi connectivity index (χ3n) is 3.27. The summed E-state index contributed by atoms with van der Waals surface area (Å²) >= 11 is 0. The maximum absolute atomic E-state index is 12.3. The molecule has 0 aliphatic rings. The highest BCUT2D eigenvalue weighted by Crippen LogP contribution is 2.26. The highest BCUT2D eigenvalue weighted by molar-refractivity contribution is 5.43. The average molecular weight is 311 g/mol. The maximum Gasteiger partial charge on any atom is 0.387 e. The second kappa shape index (κ2) is 7.38. The molecule has 1 unspecified atom stereocenters. The van der Waals surface area contributed by atoms with E-state index in [1.54, 1.807) is 38.1 Å². The number of hydrogen-bond acceptors (Lipinski definition) is 4. The van der Waals surface area contributed by atoms with E-state index in [-0.39, 0.29) is 5.75 Å². The first kappa shape index (κ1) is 16.5. The van der Waals surface area contributed by atoms with Crippen molar-refractivity contribution in [1.29, 1.82) is 0 Å². The van der Waals surface area contributed by atoms with Crippen molar-refractivity contribution < 1.29 is 23.0 Å². The average Bonchev–Trinajstić information content (AvgIpc) is 2.97. The van der Waals surface area contributed by atoms with Gasteiger partial charge in [-0.1, -0.05) is 12.1 Å². The van der Waals surface area contributed by atoms with Gasteiger partial charge in [-0.15, -0.1) is 0 Å². The highest BCUT2D eigenvalue weighted by Gasteiger charge is 2.12. The van der Waals surface area contributed by atoms with Crippen LogP contribution in [0.2, 0.25) is 0 Å². The first-order valence-electron chi connectivity index (χ1n) is 6.94. The van der Waals surface area contributed by atoms with E-state index in [0.717, 1.165) is 5.56 Å². The van der Waals surface area contributed by atoms with Crippen molar-refractivity contribution in [3.8, 4) is 5.75 Å². The molecule has 1 atom stereocenters. The van der Waals surface area contributed by atoms with E-state index < -0.39 is 12.7 Å². The summed E-state index contributed by atoms with van der Waals surface area (Å²) in [5, 5.41) is 13.0. The number of ether oxygens (including phenoxy) is 1. The summed E-state index contributed by atoms with van der Waals surface area (Å²) in [6.45, 7) is 1.47. The molecule has 2 rings (SSSR count). The molecule has 0 amide bonds. The standard InChI is InChI=1S/C16H19F2NO3/c1-10-6-12(7-11(2)15(10)22-16(17)18)8-19-9-13(20)14-4-3-5-21-14/h3-7,13,16,19-20H,8-9H2,1-2H3. The number of furan rings is 1. The minimum atomic E-state index is -2.83. The van der Waals surface area contributed by atoms with Gasteiger partial charge in [-0.2, -0.15) is 8.78 Å². The number of aliphatic hydroxyl groups is 1. The Morgan fingerprint density at radius 3 is 2.50 bits per heavy atom. The molecule has 0 saturated carbocycles. The fourth-order valence-electron chi connectivity index (χ4n) is 2.35. The number of aliphatic hydroxyl groups excluding tert-OH is 1. The van der Waals surface area contributed by atoms with Crippen molar-refractivity contribution in [2.45, 2.75) is 33.1 Å². The fourth-order valence-corrected chi connectivity index (χ4v) is 2.35. The summed E-state index contributed by atoms with van der Waals surface area (Å²) in [4.78, 5) is 0. The van der Waals surface area contributed by atoms with Crippen molar-refractivity contribution in [3.63, 3.8) is 0 Å². The molecular formula is C16H19F2NO3. The molecule has 2 N–H and O–H groups in total. The smallest absolute Gasteiger partial charge is 0.387 e. The van der Waals surface area contributed by atoms with Crippen molar-refractivity contribution in [2.75, 3.05) is 6.54 Å². The van der Waals surface area contributed by atoms with Crippen LogP contribution < -0.4 is 10.1 Å². The van der Waals surface area contributed by atoms with Gasteiger partial charge in [-0.05, 0) is 42.7 Å². The topological polar surface area (TPSA) is 54.6 Å². The van der Waals surface area contributed by atoms with Gasteiger partial charge in [0.1, 0.15) is 17.6 Å². The highest BCUT2D eigenvalue weighted by atomic mass is 19.3. The van der Waals surface area contributed by atoms with Crippen LogP contribution in [0.5, 0.6) is 5.75 Å². The molecule has 1 heterocycles. The molecule has 0 fully saturated rings. The summed E-state index contributed by atoms with van der Waals surface area (Å²) < 4.78 is 34.3. The van der Waals surface area contributed by atoms with E-state index in [2.05, 4.69) is 10.1 Å². The van der Waals surface area contributed by atoms with Crippen molar-refractivity contribution in [1.82, 2.24) is 5.32 Å². The summed E-state index contributed by atoms with van der Waals surface area (Å²) in [6.07, 6.45) is 0.783. The molecule has 0 aliphatic heterocycles. The molecule has 22 heavy (non-hydrogen) atoms. The van der Waals surface area contributed by atoms with Gasteiger partial charge in [-0.3, -0.25) is 0 Å². The number of alkyl halides is 2. The van der Waals surface area contributed by atoms with Crippen LogP contribution in [0.1, 0.15) is 28.6 Å². The molecule has 4 nitrogen and oxygen atoms in total. The van der Waals surface area contributed by atoms with Crippen LogP contribution in [0.4, 0.5) is 8.78 Å². The van der Waals surface area contributed by atoms with Gasteiger partial charge in [0.05, 0.1) is 6.26 Å². The quantitative estimate of drug-likeness (QED) is 0.823. The van der Waals surface area contributed by atoms with Crippen LogP contribution >= 0.6 is 0 Å². The lowest BCUT2D eigenvalue weighted by atomic mass is 10.1. The molecule has 0 radical (unpaired) electrons. The van der Waals surface area contributed by atoms with E-state index in [0.29, 0.717) is 30.0 Å². The zero-order valence-corrected chi connectivity index (χ0v) is 12.5. The Morgan fingerprint density at radius 1 is 1.27 bits per heavy atom. The van der Waals surface area contributed by atoms with Gasteiger partial charge in [0.25, 0.3) is 0 Å². The van der Waals surface area contributed by atoms with Gasteiger partial charge in [0.2, 0.25) is 0 Å². The Morgan fingerprint density at radius 2 is 1.95 bits per heavy atom. The minimum absolute atomic E-state index is 0.217. The van der Waals surface area contributed by atoms with Gasteiger partial charge in [-0.25, -0.2) is 0 Å². The summed E-state index contributed by atoms with van der Waals surface area (Å²) in [5.41, 5.74) is 2.25. The third kappa shape index (κ3) is 4.29. The Balaban J connectivity index is 1.93. The normalized spacial score (nSPS) is 12.6. The lowest BCUT2D eigenvalue weighted by molar-refractivity contribution is -0.0507. The van der Waals surface area contributed by atoms with Crippen LogP contribution in [0.25, 0.3) is 0 Å². The maximum atomic E-state index is 12.3. The number of halogens is 2. The van der Waals surface area contributed by atoms with Gasteiger partial charge >= 0.3 is 6.61 Å². The van der Waals surface area contributed by atoms with E-state index >= 15 is 0 Å². The zero-order valence-electron chi connectivity index (χ0n) is 12.5. The van der Waals surface area contributed by atoms with Crippen molar-refractivity contribution >= 4 is 0 Å². The monoisotopic (exact) mass is 311 g/mol. The molecule has 0 bridgehead atoms. The Labute approximate surface area is 127 Å². The second-order valence-electron chi connectivity index (χ2n) is 5.10. The Kier molecular flexibility index (Phi) is 5.51. The second-order valence-corrected chi connectivity index (χ2v) is 5.10. The summed E-state index contributed by atoms with van der Waals surface area (Å²) in [6, 6.07) is 7.00. The van der Waals surface area contributed by atoms with Crippen LogP contribution in [-0.2, 0) is 6.54 Å². The first-order chi connectivity index (χ1) is 10.5. The van der Waals surface area contributed by atoms with E-state index in [9.17, 15) is 13.9 Å². The molecule has 0 saturated heterocycles. The van der Waals surface area contributed by atoms with E-state index in [1.165, 1.54) is 6.26 Å². The Bertz CT molecular complexity index is 576. The molecule has 6 heteroatoms. The van der Waals surface area contributed by atoms with Crippen molar-refractivity contribution in [3.05, 3.63) is 53.0 Å².